The van der Waals surface area contributed by atoms with Crippen LogP contribution in [-0.4, -0.2) is 34.1 Å². The third-order valence-electron chi connectivity index (χ3n) is 3.65. The second-order valence-electron chi connectivity index (χ2n) is 5.17. The SMILES string of the molecule is COc1ccc(-c2nnn(Cc3cc4c(cc3Br)OCO4)n2)cc1. The third kappa shape index (κ3) is 2.80. The van der Waals surface area contributed by atoms with Crippen LogP contribution in [0, 0.1) is 0 Å². The van der Waals surface area contributed by atoms with Gasteiger partial charge in [-0.15, -0.1) is 10.2 Å². The second-order valence-corrected chi connectivity index (χ2v) is 6.02. The standard InChI is InChI=1S/C16H13BrN4O3/c1-22-12-4-2-10(3-5-12)16-18-20-21(19-16)8-11-6-14-15(7-13(11)17)24-9-23-14/h2-7H,8-9H2,1H3. The van der Waals surface area contributed by atoms with Crippen LogP contribution < -0.4 is 14.2 Å². The summed E-state index contributed by atoms with van der Waals surface area (Å²) in [6, 6.07) is 11.3. The summed E-state index contributed by atoms with van der Waals surface area (Å²) in [6.45, 7) is 0.717. The van der Waals surface area contributed by atoms with E-state index in [1.54, 1.807) is 11.9 Å². The molecule has 0 fully saturated rings. The first-order valence-electron chi connectivity index (χ1n) is 7.23. The maximum absolute atomic E-state index is 5.41. The van der Waals surface area contributed by atoms with E-state index in [4.69, 9.17) is 14.2 Å². The Kier molecular flexibility index (Phi) is 3.81. The molecule has 0 N–H and O–H groups in total. The number of rotatable bonds is 4. The maximum Gasteiger partial charge on any atom is 0.231 e. The van der Waals surface area contributed by atoms with Crippen molar-refractivity contribution in [1.82, 2.24) is 20.2 Å². The van der Waals surface area contributed by atoms with Crippen LogP contribution in [0.2, 0.25) is 0 Å². The molecular weight excluding hydrogens is 376 g/mol. The van der Waals surface area contributed by atoms with Crippen molar-refractivity contribution in [2.24, 2.45) is 0 Å². The van der Waals surface area contributed by atoms with E-state index in [1.807, 2.05) is 36.4 Å². The zero-order chi connectivity index (χ0) is 16.5. The summed E-state index contributed by atoms with van der Waals surface area (Å²) in [5.41, 5.74) is 1.87. The molecule has 2 heterocycles. The molecule has 0 unspecified atom stereocenters. The number of hydrogen-bond donors (Lipinski definition) is 0. The Balaban J connectivity index is 1.57. The average Bonchev–Trinajstić information content (AvgIpc) is 3.24. The molecule has 0 aliphatic carbocycles. The predicted molar refractivity (Wildman–Crippen MR) is 89.2 cm³/mol. The largest absolute Gasteiger partial charge is 0.497 e. The molecule has 0 atom stereocenters. The van der Waals surface area contributed by atoms with Gasteiger partial charge in [-0.05, 0) is 47.2 Å². The van der Waals surface area contributed by atoms with Gasteiger partial charge in [0.15, 0.2) is 11.5 Å². The van der Waals surface area contributed by atoms with Crippen LogP contribution in [0.15, 0.2) is 40.9 Å². The van der Waals surface area contributed by atoms with Crippen molar-refractivity contribution in [2.45, 2.75) is 6.54 Å². The molecule has 24 heavy (non-hydrogen) atoms. The van der Waals surface area contributed by atoms with Crippen molar-refractivity contribution in [3.8, 4) is 28.6 Å². The van der Waals surface area contributed by atoms with Crippen LogP contribution in [0.4, 0.5) is 0 Å². The van der Waals surface area contributed by atoms with Gasteiger partial charge in [0.2, 0.25) is 12.6 Å². The van der Waals surface area contributed by atoms with Gasteiger partial charge >= 0.3 is 0 Å². The molecule has 0 spiro atoms. The lowest BCUT2D eigenvalue weighted by atomic mass is 10.2. The Morgan fingerprint density at radius 2 is 1.92 bits per heavy atom. The van der Waals surface area contributed by atoms with Gasteiger partial charge in [-0.25, -0.2) is 0 Å². The minimum Gasteiger partial charge on any atom is -0.497 e. The van der Waals surface area contributed by atoms with E-state index in [0.29, 0.717) is 12.4 Å². The summed E-state index contributed by atoms with van der Waals surface area (Å²) in [7, 11) is 1.63. The molecule has 2 aromatic carbocycles. The lowest BCUT2D eigenvalue weighted by Crippen LogP contribution is -2.04. The number of tetrazole rings is 1. The van der Waals surface area contributed by atoms with Crippen molar-refractivity contribution in [2.75, 3.05) is 13.9 Å². The fraction of sp³-hybridized carbons (Fsp3) is 0.188. The van der Waals surface area contributed by atoms with Gasteiger partial charge in [0.05, 0.1) is 13.7 Å². The van der Waals surface area contributed by atoms with Crippen LogP contribution in [0.25, 0.3) is 11.4 Å². The minimum atomic E-state index is 0.244. The van der Waals surface area contributed by atoms with E-state index in [1.165, 1.54) is 0 Å². The Morgan fingerprint density at radius 3 is 2.67 bits per heavy atom. The zero-order valence-electron chi connectivity index (χ0n) is 12.8. The van der Waals surface area contributed by atoms with Crippen LogP contribution >= 0.6 is 15.9 Å². The first kappa shape index (κ1) is 14.9. The van der Waals surface area contributed by atoms with Crippen LogP contribution in [-0.2, 0) is 6.54 Å². The molecule has 1 aliphatic rings. The highest BCUT2D eigenvalue weighted by molar-refractivity contribution is 9.10. The Morgan fingerprint density at radius 1 is 1.17 bits per heavy atom. The molecule has 4 rings (SSSR count). The number of ether oxygens (including phenoxy) is 3. The summed E-state index contributed by atoms with van der Waals surface area (Å²) < 4.78 is 16.8. The smallest absolute Gasteiger partial charge is 0.231 e. The number of methoxy groups -OCH3 is 1. The highest BCUT2D eigenvalue weighted by atomic mass is 79.9. The second kappa shape index (κ2) is 6.12. The minimum absolute atomic E-state index is 0.244. The fourth-order valence-corrected chi connectivity index (χ4v) is 2.85. The molecular formula is C16H13BrN4O3. The number of benzene rings is 2. The van der Waals surface area contributed by atoms with Crippen LogP contribution in [0.1, 0.15) is 5.56 Å². The molecule has 1 aliphatic heterocycles. The molecule has 0 saturated heterocycles. The molecule has 0 radical (unpaired) electrons. The summed E-state index contributed by atoms with van der Waals surface area (Å²) in [6.07, 6.45) is 0. The Hall–Kier alpha value is -2.61. The van der Waals surface area contributed by atoms with E-state index in [-0.39, 0.29) is 6.79 Å². The maximum atomic E-state index is 5.41. The average molecular weight is 389 g/mol. The van der Waals surface area contributed by atoms with Gasteiger partial charge in [-0.3, -0.25) is 0 Å². The van der Waals surface area contributed by atoms with E-state index < -0.39 is 0 Å². The molecule has 0 bridgehead atoms. The first-order chi connectivity index (χ1) is 11.7. The molecule has 1 aromatic heterocycles. The van der Waals surface area contributed by atoms with Gasteiger partial charge < -0.3 is 14.2 Å². The Bertz CT molecular complexity index is 880. The summed E-state index contributed by atoms with van der Waals surface area (Å²) in [5.74, 6) is 2.81. The van der Waals surface area contributed by atoms with Gasteiger partial charge in [0.1, 0.15) is 5.75 Å². The van der Waals surface area contributed by atoms with Crippen molar-refractivity contribution in [3.05, 3.63) is 46.4 Å². The number of halogens is 1. The number of aromatic nitrogens is 4. The van der Waals surface area contributed by atoms with E-state index in [0.717, 1.165) is 32.8 Å². The fourth-order valence-electron chi connectivity index (χ4n) is 2.40. The van der Waals surface area contributed by atoms with Crippen molar-refractivity contribution in [3.63, 3.8) is 0 Å². The van der Waals surface area contributed by atoms with Gasteiger partial charge in [0.25, 0.3) is 0 Å². The molecule has 3 aromatic rings. The lowest BCUT2D eigenvalue weighted by Gasteiger charge is -2.05. The lowest BCUT2D eigenvalue weighted by molar-refractivity contribution is 0.174. The summed E-state index contributed by atoms with van der Waals surface area (Å²) >= 11 is 3.54. The monoisotopic (exact) mass is 388 g/mol. The normalized spacial score (nSPS) is 12.4. The summed E-state index contributed by atoms with van der Waals surface area (Å²) in [5, 5.41) is 12.7. The zero-order valence-corrected chi connectivity index (χ0v) is 14.4. The van der Waals surface area contributed by atoms with Gasteiger partial charge in [-0.1, -0.05) is 15.9 Å². The predicted octanol–water partition coefficient (Wildman–Crippen LogP) is 2.89. The highest BCUT2D eigenvalue weighted by Gasteiger charge is 2.17. The van der Waals surface area contributed by atoms with Crippen LogP contribution in [0.5, 0.6) is 17.2 Å². The number of fused-ring (bicyclic) bond motifs is 1. The third-order valence-corrected chi connectivity index (χ3v) is 4.39. The van der Waals surface area contributed by atoms with Crippen LogP contribution in [0.3, 0.4) is 0 Å². The highest BCUT2D eigenvalue weighted by Crippen LogP contribution is 2.37. The first-order valence-corrected chi connectivity index (χ1v) is 8.02. The molecule has 0 amide bonds. The van der Waals surface area contributed by atoms with Gasteiger partial charge in [0, 0.05) is 10.0 Å². The number of hydrogen-bond acceptors (Lipinski definition) is 6. The molecule has 7 nitrogen and oxygen atoms in total. The van der Waals surface area contributed by atoms with Crippen molar-refractivity contribution >= 4 is 15.9 Å². The molecule has 0 saturated carbocycles. The quantitative estimate of drug-likeness (QED) is 0.684. The van der Waals surface area contributed by atoms with E-state index in [9.17, 15) is 0 Å². The topological polar surface area (TPSA) is 71.3 Å². The molecule has 122 valence electrons. The van der Waals surface area contributed by atoms with E-state index in [2.05, 4.69) is 31.3 Å². The number of nitrogens with zero attached hydrogens (tertiary/aromatic N) is 4. The van der Waals surface area contributed by atoms with Crippen molar-refractivity contribution in [1.29, 1.82) is 0 Å². The summed E-state index contributed by atoms with van der Waals surface area (Å²) in [4.78, 5) is 1.54. The molecule has 8 heteroatoms. The van der Waals surface area contributed by atoms with Gasteiger partial charge in [-0.2, -0.15) is 4.80 Å². The van der Waals surface area contributed by atoms with E-state index >= 15 is 0 Å². The van der Waals surface area contributed by atoms with Crippen molar-refractivity contribution < 1.29 is 14.2 Å². The Labute approximate surface area is 146 Å².